The summed E-state index contributed by atoms with van der Waals surface area (Å²) < 4.78 is 2.03. The second kappa shape index (κ2) is 5.72. The van der Waals surface area contributed by atoms with Gasteiger partial charge in [-0.1, -0.05) is 29.3 Å². The number of imidazole rings is 1. The van der Waals surface area contributed by atoms with Crippen molar-refractivity contribution in [3.63, 3.8) is 0 Å². The number of hydrogen-bond acceptors (Lipinski definition) is 3. The van der Waals surface area contributed by atoms with E-state index in [1.54, 1.807) is 6.07 Å². The van der Waals surface area contributed by atoms with Crippen molar-refractivity contribution in [2.45, 2.75) is 6.54 Å². The maximum absolute atomic E-state index is 6.13. The van der Waals surface area contributed by atoms with Crippen LogP contribution in [0.3, 0.4) is 0 Å². The Morgan fingerprint density at radius 3 is 2.68 bits per heavy atom. The zero-order valence-electron chi connectivity index (χ0n) is 11.1. The van der Waals surface area contributed by atoms with Crippen LogP contribution in [0.2, 0.25) is 10.0 Å². The Labute approximate surface area is 123 Å². The smallest absolute Gasteiger partial charge is 0.204 e. The van der Waals surface area contributed by atoms with Gasteiger partial charge in [0.1, 0.15) is 0 Å². The summed E-state index contributed by atoms with van der Waals surface area (Å²) >= 11 is 12.1. The first kappa shape index (κ1) is 14.0. The first-order valence-electron chi connectivity index (χ1n) is 5.86. The monoisotopic (exact) mass is 298 g/mol. The van der Waals surface area contributed by atoms with Gasteiger partial charge < -0.3 is 14.8 Å². The quantitative estimate of drug-likeness (QED) is 0.939. The van der Waals surface area contributed by atoms with E-state index in [1.165, 1.54) is 0 Å². The van der Waals surface area contributed by atoms with Gasteiger partial charge in [0.25, 0.3) is 0 Å². The van der Waals surface area contributed by atoms with Crippen LogP contribution < -0.4 is 10.2 Å². The average molecular weight is 299 g/mol. The average Bonchev–Trinajstić information content (AvgIpc) is 2.73. The van der Waals surface area contributed by atoms with Crippen molar-refractivity contribution in [1.82, 2.24) is 9.55 Å². The highest BCUT2D eigenvalue weighted by atomic mass is 35.5. The minimum Gasteiger partial charge on any atom is -0.378 e. The number of nitrogens with zero attached hydrogens (tertiary/aromatic N) is 3. The van der Waals surface area contributed by atoms with Crippen molar-refractivity contribution >= 4 is 34.8 Å². The van der Waals surface area contributed by atoms with Crippen molar-refractivity contribution in [3.8, 4) is 0 Å². The fourth-order valence-electron chi connectivity index (χ4n) is 1.84. The first-order valence-corrected chi connectivity index (χ1v) is 6.62. The summed E-state index contributed by atoms with van der Waals surface area (Å²) in [5.74, 6) is 0.911. The van der Waals surface area contributed by atoms with Gasteiger partial charge in [0.15, 0.2) is 0 Å². The molecule has 0 radical (unpaired) electrons. The van der Waals surface area contributed by atoms with E-state index >= 15 is 0 Å². The molecule has 0 aliphatic heterocycles. The molecule has 0 saturated heterocycles. The fourth-order valence-corrected chi connectivity index (χ4v) is 2.21. The number of hydrogen-bond donors (Lipinski definition) is 1. The van der Waals surface area contributed by atoms with Crippen LogP contribution in [0.1, 0.15) is 5.69 Å². The van der Waals surface area contributed by atoms with Crippen LogP contribution in [-0.4, -0.2) is 23.6 Å². The molecule has 2 rings (SSSR count). The molecule has 0 amide bonds. The molecular formula is C13H16Cl2N4. The Morgan fingerprint density at radius 2 is 2.05 bits per heavy atom. The molecule has 0 spiro atoms. The van der Waals surface area contributed by atoms with Crippen LogP contribution in [0.15, 0.2) is 24.4 Å². The Morgan fingerprint density at radius 1 is 1.32 bits per heavy atom. The molecule has 0 aliphatic carbocycles. The van der Waals surface area contributed by atoms with E-state index in [2.05, 4.69) is 10.3 Å². The molecule has 102 valence electrons. The molecule has 1 N–H and O–H groups in total. The third kappa shape index (κ3) is 2.96. The minimum atomic E-state index is 0.541. The molecule has 0 aliphatic rings. The van der Waals surface area contributed by atoms with Crippen molar-refractivity contribution < 1.29 is 0 Å². The normalized spacial score (nSPS) is 10.6. The maximum atomic E-state index is 6.13. The summed E-state index contributed by atoms with van der Waals surface area (Å²) in [6.07, 6.45) is 1.85. The number of halogens is 2. The molecule has 1 heterocycles. The van der Waals surface area contributed by atoms with Gasteiger partial charge in [0.2, 0.25) is 5.95 Å². The molecular weight excluding hydrogens is 283 g/mol. The molecule has 6 heteroatoms. The molecule has 2 aromatic rings. The van der Waals surface area contributed by atoms with Crippen molar-refractivity contribution in [2.24, 2.45) is 7.05 Å². The largest absolute Gasteiger partial charge is 0.378 e. The van der Waals surface area contributed by atoms with Crippen LogP contribution in [0.5, 0.6) is 0 Å². The van der Waals surface area contributed by atoms with Crippen LogP contribution in [0.4, 0.5) is 11.6 Å². The molecule has 1 aromatic heterocycles. The number of rotatable bonds is 4. The standard InChI is InChI=1S/C13H16Cl2N4/c1-18(2)13-17-8-9(19(13)3)7-16-11-6-4-5-10(14)12(11)15/h4-6,8,16H,7H2,1-3H3. The second-order valence-corrected chi connectivity index (χ2v) is 5.24. The summed E-state index contributed by atoms with van der Waals surface area (Å²) in [4.78, 5) is 6.33. The first-order chi connectivity index (χ1) is 9.00. The van der Waals surface area contributed by atoms with Gasteiger partial charge in [-0.2, -0.15) is 0 Å². The fraction of sp³-hybridized carbons (Fsp3) is 0.308. The Balaban J connectivity index is 2.13. The highest BCUT2D eigenvalue weighted by Gasteiger charge is 2.09. The summed E-state index contributed by atoms with van der Waals surface area (Å²) in [6.45, 7) is 0.636. The van der Waals surface area contributed by atoms with E-state index in [0.29, 0.717) is 16.6 Å². The summed E-state index contributed by atoms with van der Waals surface area (Å²) in [6, 6.07) is 5.53. The summed E-state index contributed by atoms with van der Waals surface area (Å²) in [5, 5.41) is 4.36. The third-order valence-electron chi connectivity index (χ3n) is 2.87. The number of nitrogens with one attached hydrogen (secondary N) is 1. The second-order valence-electron chi connectivity index (χ2n) is 4.46. The molecule has 4 nitrogen and oxygen atoms in total. The molecule has 0 unspecified atom stereocenters. The molecule has 0 bridgehead atoms. The number of benzene rings is 1. The lowest BCUT2D eigenvalue weighted by molar-refractivity contribution is 0.814. The molecule has 0 atom stereocenters. The molecule has 19 heavy (non-hydrogen) atoms. The van der Waals surface area contributed by atoms with Gasteiger partial charge in [-0.25, -0.2) is 4.98 Å². The van der Waals surface area contributed by atoms with E-state index in [4.69, 9.17) is 23.2 Å². The number of aromatic nitrogens is 2. The van der Waals surface area contributed by atoms with Gasteiger partial charge in [-0.15, -0.1) is 0 Å². The molecule has 0 saturated carbocycles. The SMILES string of the molecule is CN(C)c1ncc(CNc2cccc(Cl)c2Cl)n1C. The number of anilines is 2. The lowest BCUT2D eigenvalue weighted by atomic mass is 10.3. The van der Waals surface area contributed by atoms with Crippen molar-refractivity contribution in [3.05, 3.63) is 40.1 Å². The van der Waals surface area contributed by atoms with Crippen LogP contribution >= 0.6 is 23.2 Å². The van der Waals surface area contributed by atoms with E-state index in [-0.39, 0.29) is 0 Å². The highest BCUT2D eigenvalue weighted by molar-refractivity contribution is 6.43. The lowest BCUT2D eigenvalue weighted by Crippen LogP contribution is -2.15. The maximum Gasteiger partial charge on any atom is 0.204 e. The summed E-state index contributed by atoms with van der Waals surface area (Å²) in [5.41, 5.74) is 1.89. The Hall–Kier alpha value is -1.39. The zero-order valence-corrected chi connectivity index (χ0v) is 12.6. The van der Waals surface area contributed by atoms with Gasteiger partial charge in [-0.05, 0) is 12.1 Å². The molecule has 0 fully saturated rings. The van der Waals surface area contributed by atoms with Gasteiger partial charge >= 0.3 is 0 Å². The van der Waals surface area contributed by atoms with E-state index < -0.39 is 0 Å². The van der Waals surface area contributed by atoms with Crippen molar-refractivity contribution in [2.75, 3.05) is 24.3 Å². The van der Waals surface area contributed by atoms with E-state index in [9.17, 15) is 0 Å². The van der Waals surface area contributed by atoms with Crippen molar-refractivity contribution in [1.29, 1.82) is 0 Å². The Bertz CT molecular complexity index is 578. The van der Waals surface area contributed by atoms with Crippen LogP contribution in [-0.2, 0) is 13.6 Å². The van der Waals surface area contributed by atoms with Crippen LogP contribution in [0, 0.1) is 0 Å². The highest BCUT2D eigenvalue weighted by Crippen LogP contribution is 2.29. The third-order valence-corrected chi connectivity index (χ3v) is 3.69. The summed E-state index contributed by atoms with van der Waals surface area (Å²) in [7, 11) is 5.92. The van der Waals surface area contributed by atoms with Gasteiger partial charge in [0, 0.05) is 21.1 Å². The topological polar surface area (TPSA) is 33.1 Å². The predicted octanol–water partition coefficient (Wildman–Crippen LogP) is 3.41. The minimum absolute atomic E-state index is 0.541. The van der Waals surface area contributed by atoms with Gasteiger partial charge in [0.05, 0.1) is 34.2 Å². The van der Waals surface area contributed by atoms with E-state index in [1.807, 2.05) is 48.9 Å². The zero-order chi connectivity index (χ0) is 14.0. The van der Waals surface area contributed by atoms with E-state index in [0.717, 1.165) is 17.3 Å². The lowest BCUT2D eigenvalue weighted by Gasteiger charge is -2.13. The predicted molar refractivity (Wildman–Crippen MR) is 81.3 cm³/mol. The molecule has 1 aromatic carbocycles. The van der Waals surface area contributed by atoms with Gasteiger partial charge in [-0.3, -0.25) is 0 Å². The van der Waals surface area contributed by atoms with Crippen LogP contribution in [0.25, 0.3) is 0 Å². The Kier molecular flexibility index (Phi) is 4.22.